The van der Waals surface area contributed by atoms with Gasteiger partial charge in [0.1, 0.15) is 18.7 Å². The van der Waals surface area contributed by atoms with Gasteiger partial charge in [0.2, 0.25) is 5.91 Å². The lowest BCUT2D eigenvalue weighted by atomic mass is 9.98. The molecule has 0 radical (unpaired) electrons. The van der Waals surface area contributed by atoms with Crippen molar-refractivity contribution in [1.29, 1.82) is 0 Å². The summed E-state index contributed by atoms with van der Waals surface area (Å²) in [5, 5.41) is 14.4. The number of nitrogens with zero attached hydrogens (tertiary/aromatic N) is 1. The number of fused-ring (bicyclic) bond motifs is 3. The summed E-state index contributed by atoms with van der Waals surface area (Å²) in [6, 6.07) is 13.8. The van der Waals surface area contributed by atoms with Crippen LogP contribution in [0.2, 0.25) is 0 Å². The summed E-state index contributed by atoms with van der Waals surface area (Å²) >= 11 is 0. The van der Waals surface area contributed by atoms with Crippen LogP contribution in [0, 0.1) is 11.8 Å². The average Bonchev–Trinajstić information content (AvgIpc) is 3.13. The molecular weight excluding hydrogens is 434 g/mol. The number of carbonyl (C=O) groups excluding carboxylic acids is 2. The summed E-state index contributed by atoms with van der Waals surface area (Å²) in [5.41, 5.74) is 4.39. The van der Waals surface area contributed by atoms with Crippen LogP contribution >= 0.6 is 0 Å². The van der Waals surface area contributed by atoms with Crippen LogP contribution in [0.15, 0.2) is 48.5 Å². The van der Waals surface area contributed by atoms with Gasteiger partial charge in [-0.3, -0.25) is 4.79 Å². The van der Waals surface area contributed by atoms with Gasteiger partial charge in [-0.2, -0.15) is 0 Å². The van der Waals surface area contributed by atoms with E-state index < -0.39 is 30.1 Å². The quantitative estimate of drug-likeness (QED) is 0.493. The molecule has 1 aliphatic carbocycles. The van der Waals surface area contributed by atoms with Gasteiger partial charge in [0.25, 0.3) is 0 Å². The van der Waals surface area contributed by atoms with E-state index in [1.165, 1.54) is 0 Å². The van der Waals surface area contributed by atoms with Crippen LogP contribution in [0.1, 0.15) is 30.4 Å². The SMILES string of the molecule is CC#CCC(NC(=O)OCC1c2ccccc2-c2ccccc21)C(=O)N[C@@H](CN(C)C)C(=O)O. The van der Waals surface area contributed by atoms with E-state index in [0.29, 0.717) is 0 Å². The fraction of sp³-hybridized carbons (Fsp3) is 0.346. The molecule has 0 saturated carbocycles. The normalized spacial score (nSPS) is 13.6. The van der Waals surface area contributed by atoms with Crippen molar-refractivity contribution in [3.05, 3.63) is 59.7 Å². The van der Waals surface area contributed by atoms with Gasteiger partial charge in [0, 0.05) is 18.9 Å². The Morgan fingerprint density at radius 2 is 1.59 bits per heavy atom. The Balaban J connectivity index is 1.67. The average molecular weight is 464 g/mol. The molecule has 1 unspecified atom stereocenters. The van der Waals surface area contributed by atoms with Gasteiger partial charge in [0.05, 0.1) is 0 Å². The Morgan fingerprint density at radius 3 is 2.12 bits per heavy atom. The third-order valence-corrected chi connectivity index (χ3v) is 5.60. The zero-order chi connectivity index (χ0) is 24.7. The number of carbonyl (C=O) groups is 3. The largest absolute Gasteiger partial charge is 0.480 e. The second-order valence-electron chi connectivity index (χ2n) is 8.32. The minimum Gasteiger partial charge on any atom is -0.480 e. The lowest BCUT2D eigenvalue weighted by molar-refractivity contribution is -0.142. The van der Waals surface area contributed by atoms with Crippen LogP contribution in [0.3, 0.4) is 0 Å². The maximum absolute atomic E-state index is 12.7. The predicted molar refractivity (Wildman–Crippen MR) is 128 cm³/mol. The van der Waals surface area contributed by atoms with Crippen molar-refractivity contribution in [3.63, 3.8) is 0 Å². The molecule has 0 aliphatic heterocycles. The Morgan fingerprint density at radius 1 is 1.00 bits per heavy atom. The number of likely N-dealkylation sites (N-methyl/N-ethyl adjacent to an activating group) is 1. The van der Waals surface area contributed by atoms with Crippen molar-refractivity contribution >= 4 is 18.0 Å². The molecule has 0 fully saturated rings. The van der Waals surface area contributed by atoms with Gasteiger partial charge in [-0.25, -0.2) is 9.59 Å². The lowest BCUT2D eigenvalue weighted by Gasteiger charge is -2.22. The van der Waals surface area contributed by atoms with Crippen LogP contribution in [0.25, 0.3) is 11.1 Å². The van der Waals surface area contributed by atoms with Gasteiger partial charge in [-0.15, -0.1) is 11.8 Å². The first-order chi connectivity index (χ1) is 16.3. The molecule has 3 rings (SSSR count). The van der Waals surface area contributed by atoms with E-state index >= 15 is 0 Å². The number of amides is 2. The molecule has 0 heterocycles. The molecule has 0 spiro atoms. The van der Waals surface area contributed by atoms with Crippen LogP contribution in [0.5, 0.6) is 0 Å². The molecule has 3 N–H and O–H groups in total. The summed E-state index contributed by atoms with van der Waals surface area (Å²) < 4.78 is 5.51. The van der Waals surface area contributed by atoms with Gasteiger partial charge < -0.3 is 25.4 Å². The topological polar surface area (TPSA) is 108 Å². The number of nitrogens with one attached hydrogen (secondary N) is 2. The van der Waals surface area contributed by atoms with E-state index in [-0.39, 0.29) is 25.5 Å². The summed E-state index contributed by atoms with van der Waals surface area (Å²) in [6.45, 7) is 1.83. The number of alkyl carbamates (subject to hydrolysis) is 1. The molecule has 2 aromatic carbocycles. The smallest absolute Gasteiger partial charge is 0.407 e. The standard InChI is InChI=1S/C26H29N3O5/c1-4-5-14-22(24(30)27-23(25(31)32)15-29(2)3)28-26(33)34-16-21-19-12-8-6-10-17(19)18-11-7-9-13-20(18)21/h6-13,21-23H,14-16H2,1-3H3,(H,27,30)(H,28,33)(H,31,32)/t22?,23-/m0/s1. The molecule has 0 saturated heterocycles. The Labute approximate surface area is 199 Å². The summed E-state index contributed by atoms with van der Waals surface area (Å²) in [6.07, 6.45) is -0.736. The van der Waals surface area contributed by atoms with E-state index in [0.717, 1.165) is 22.3 Å². The fourth-order valence-electron chi connectivity index (χ4n) is 4.02. The monoisotopic (exact) mass is 463 g/mol. The van der Waals surface area contributed by atoms with Crippen LogP contribution in [0.4, 0.5) is 4.79 Å². The van der Waals surface area contributed by atoms with E-state index in [1.54, 1.807) is 25.9 Å². The zero-order valence-electron chi connectivity index (χ0n) is 19.5. The maximum Gasteiger partial charge on any atom is 0.407 e. The van der Waals surface area contributed by atoms with Crippen molar-refractivity contribution in [1.82, 2.24) is 15.5 Å². The highest BCUT2D eigenvalue weighted by Crippen LogP contribution is 2.44. The molecule has 0 bridgehead atoms. The number of ether oxygens (including phenoxy) is 1. The first-order valence-electron chi connectivity index (χ1n) is 11.0. The van der Waals surface area contributed by atoms with Crippen LogP contribution in [-0.2, 0) is 14.3 Å². The molecule has 2 atom stereocenters. The van der Waals surface area contributed by atoms with Crippen LogP contribution < -0.4 is 10.6 Å². The van der Waals surface area contributed by atoms with E-state index in [1.807, 2.05) is 48.5 Å². The van der Waals surface area contributed by atoms with Crippen molar-refractivity contribution in [2.24, 2.45) is 0 Å². The first kappa shape index (κ1) is 24.8. The lowest BCUT2D eigenvalue weighted by Crippen LogP contribution is -2.54. The molecular formula is C26H29N3O5. The highest BCUT2D eigenvalue weighted by Gasteiger charge is 2.30. The summed E-state index contributed by atoms with van der Waals surface area (Å²) in [5.74, 6) is 3.54. The number of aliphatic carboxylic acids is 1. The second kappa shape index (κ2) is 11.3. The molecule has 2 aromatic rings. The molecule has 0 aromatic heterocycles. The molecule has 2 amide bonds. The van der Waals surface area contributed by atoms with E-state index in [9.17, 15) is 19.5 Å². The summed E-state index contributed by atoms with van der Waals surface area (Å²) in [4.78, 5) is 38.5. The first-order valence-corrected chi connectivity index (χ1v) is 11.0. The number of carboxylic acid groups (broad SMARTS) is 1. The van der Waals surface area contributed by atoms with Crippen molar-refractivity contribution in [2.45, 2.75) is 31.3 Å². The van der Waals surface area contributed by atoms with E-state index in [2.05, 4.69) is 22.5 Å². The number of rotatable bonds is 9. The highest BCUT2D eigenvalue weighted by molar-refractivity contribution is 5.89. The summed E-state index contributed by atoms with van der Waals surface area (Å²) in [7, 11) is 3.41. The fourth-order valence-corrected chi connectivity index (χ4v) is 4.02. The maximum atomic E-state index is 12.7. The molecule has 178 valence electrons. The second-order valence-corrected chi connectivity index (χ2v) is 8.32. The molecule has 1 aliphatic rings. The predicted octanol–water partition coefficient (Wildman–Crippen LogP) is 2.44. The molecule has 8 heteroatoms. The third kappa shape index (κ3) is 5.94. The zero-order valence-corrected chi connectivity index (χ0v) is 19.5. The Kier molecular flexibility index (Phi) is 8.28. The van der Waals surface area contributed by atoms with Crippen LogP contribution in [-0.4, -0.2) is 67.3 Å². The van der Waals surface area contributed by atoms with Gasteiger partial charge in [-0.05, 0) is 43.3 Å². The Hall–Kier alpha value is -3.83. The number of carboxylic acids is 1. The minimum atomic E-state index is -1.16. The number of hydrogen-bond acceptors (Lipinski definition) is 5. The third-order valence-electron chi connectivity index (χ3n) is 5.60. The van der Waals surface area contributed by atoms with Gasteiger partial charge in [-0.1, -0.05) is 48.5 Å². The van der Waals surface area contributed by atoms with Crippen molar-refractivity contribution < 1.29 is 24.2 Å². The van der Waals surface area contributed by atoms with Crippen molar-refractivity contribution in [2.75, 3.05) is 27.2 Å². The molecule has 8 nitrogen and oxygen atoms in total. The van der Waals surface area contributed by atoms with Gasteiger partial charge in [0.15, 0.2) is 0 Å². The van der Waals surface area contributed by atoms with E-state index in [4.69, 9.17) is 4.74 Å². The Bertz CT molecular complexity index is 1070. The van der Waals surface area contributed by atoms with Gasteiger partial charge >= 0.3 is 12.1 Å². The number of benzene rings is 2. The van der Waals surface area contributed by atoms with Crippen molar-refractivity contribution in [3.8, 4) is 23.0 Å². The highest BCUT2D eigenvalue weighted by atomic mass is 16.5. The molecule has 34 heavy (non-hydrogen) atoms. The number of hydrogen-bond donors (Lipinski definition) is 3. The minimum absolute atomic E-state index is 0.0286.